The number of nitrogens with one attached hydrogen (secondary N) is 1. The number of nitrogens with zero attached hydrogens (tertiary/aromatic N) is 5. The number of ether oxygens (including phenoxy) is 3. The van der Waals surface area contributed by atoms with E-state index in [0.717, 1.165) is 0 Å². The van der Waals surface area contributed by atoms with Crippen molar-refractivity contribution in [3.05, 3.63) is 41.3 Å². The first-order valence-corrected chi connectivity index (χ1v) is 15.4. The first-order chi connectivity index (χ1) is 20.0. The molecule has 6 rings (SSSR count). The molecular weight excluding hydrogens is 601 g/mol. The Morgan fingerprint density at radius 2 is 2.12 bits per heavy atom. The molecule has 2 aliphatic heterocycles. The van der Waals surface area contributed by atoms with E-state index in [-0.39, 0.29) is 35.7 Å². The van der Waals surface area contributed by atoms with Crippen LogP contribution in [0.5, 0.6) is 0 Å². The average Bonchev–Trinajstić information content (AvgIpc) is 3.63. The van der Waals surface area contributed by atoms with E-state index >= 15 is 8.78 Å². The number of aromatic nitrogens is 6. The molecule has 0 aliphatic carbocycles. The molecule has 226 valence electrons. The van der Waals surface area contributed by atoms with E-state index in [9.17, 15) is 9.69 Å². The lowest BCUT2D eigenvalue weighted by Gasteiger charge is -2.29. The number of imidazole rings is 1. The third-order valence-electron chi connectivity index (χ3n) is 7.04. The van der Waals surface area contributed by atoms with Gasteiger partial charge in [0.05, 0.1) is 30.4 Å². The van der Waals surface area contributed by atoms with Gasteiger partial charge < -0.3 is 49.2 Å². The van der Waals surface area contributed by atoms with Gasteiger partial charge in [-0.25, -0.2) is 23.7 Å². The monoisotopic (exact) mass is 628 g/mol. The molecule has 0 radical (unpaired) electrons. The fraction of sp³-hybridized carbons (Fsp3) is 0.478. The van der Waals surface area contributed by atoms with Crippen molar-refractivity contribution in [1.82, 2.24) is 29.1 Å². The van der Waals surface area contributed by atoms with Gasteiger partial charge in [0.25, 0.3) is 5.56 Å². The Bertz CT molecular complexity index is 1720. The number of hydrogen-bond donors (Lipinski definition) is 4. The van der Waals surface area contributed by atoms with Crippen LogP contribution in [0.4, 0.5) is 20.4 Å². The molecule has 4 aromatic rings. The zero-order valence-corrected chi connectivity index (χ0v) is 23.7. The molecule has 8 atom stereocenters. The minimum Gasteiger partial charge on any atom is -0.385 e. The summed E-state index contributed by atoms with van der Waals surface area (Å²) in [5.41, 5.74) is 11.8. The number of fused-ring (bicyclic) bond motifs is 4. The van der Waals surface area contributed by atoms with E-state index in [0.29, 0.717) is 11.0 Å². The predicted octanol–water partition coefficient (Wildman–Crippen LogP) is 1.81. The van der Waals surface area contributed by atoms with Gasteiger partial charge >= 0.3 is 6.72 Å². The fourth-order valence-corrected chi connectivity index (χ4v) is 6.40. The van der Waals surface area contributed by atoms with Crippen LogP contribution in [0.3, 0.4) is 0 Å². The van der Waals surface area contributed by atoms with Crippen LogP contribution in [-0.2, 0) is 35.1 Å². The highest BCUT2D eigenvalue weighted by Gasteiger charge is 2.51. The Morgan fingerprint density at radius 1 is 1.31 bits per heavy atom. The van der Waals surface area contributed by atoms with Crippen LogP contribution in [0, 0.1) is 0 Å². The van der Waals surface area contributed by atoms with Crippen LogP contribution in [0.2, 0.25) is 0 Å². The molecule has 0 amide bonds. The number of alkyl halides is 2. The van der Waals surface area contributed by atoms with Crippen molar-refractivity contribution in [2.24, 2.45) is 0 Å². The Hall–Kier alpha value is -3.09. The molecule has 4 aromatic heterocycles. The second kappa shape index (κ2) is 11.2. The van der Waals surface area contributed by atoms with Crippen molar-refractivity contribution >= 4 is 52.2 Å². The zero-order chi connectivity index (χ0) is 29.8. The predicted molar refractivity (Wildman–Crippen MR) is 148 cm³/mol. The lowest BCUT2D eigenvalue weighted by atomic mass is 10.2. The summed E-state index contributed by atoms with van der Waals surface area (Å²) >= 11 is 5.17. The van der Waals surface area contributed by atoms with Gasteiger partial charge in [0.2, 0.25) is 0 Å². The third kappa shape index (κ3) is 5.40. The Labute approximate surface area is 240 Å². The van der Waals surface area contributed by atoms with Gasteiger partial charge in [0, 0.05) is 18.7 Å². The lowest BCUT2D eigenvalue weighted by molar-refractivity contribution is -0.171. The van der Waals surface area contributed by atoms with Crippen molar-refractivity contribution in [3.63, 3.8) is 0 Å². The van der Waals surface area contributed by atoms with Crippen LogP contribution in [-0.4, -0.2) is 78.0 Å². The zero-order valence-electron chi connectivity index (χ0n) is 21.9. The highest BCUT2D eigenvalue weighted by atomic mass is 32.5. The fourth-order valence-electron chi connectivity index (χ4n) is 5.00. The Kier molecular flexibility index (Phi) is 7.73. The highest BCUT2D eigenvalue weighted by Crippen LogP contribution is 2.51. The largest absolute Gasteiger partial charge is 0.385 e. The number of halogens is 2. The molecule has 42 heavy (non-hydrogen) atoms. The summed E-state index contributed by atoms with van der Waals surface area (Å²) in [4.78, 5) is 37.8. The summed E-state index contributed by atoms with van der Waals surface area (Å²) in [5, 5.41) is 0.594. The maximum atomic E-state index is 15.6. The molecule has 2 fully saturated rings. The van der Waals surface area contributed by atoms with E-state index in [1.165, 1.54) is 23.3 Å². The van der Waals surface area contributed by atoms with Crippen LogP contribution in [0.25, 0.3) is 22.1 Å². The van der Waals surface area contributed by atoms with E-state index in [1.807, 2.05) is 0 Å². The van der Waals surface area contributed by atoms with Gasteiger partial charge in [-0.1, -0.05) is 0 Å². The molecule has 15 nitrogen and oxygen atoms in total. The van der Waals surface area contributed by atoms with Crippen molar-refractivity contribution in [1.29, 1.82) is 0 Å². The number of rotatable bonds is 4. The second-order valence-corrected chi connectivity index (χ2v) is 12.6. The molecule has 0 saturated carbocycles. The van der Waals surface area contributed by atoms with Crippen LogP contribution >= 0.6 is 6.72 Å². The van der Waals surface area contributed by atoms with Gasteiger partial charge in [-0.2, -0.15) is 0 Å². The van der Waals surface area contributed by atoms with Crippen LogP contribution < -0.4 is 17.0 Å². The molecule has 2 aliphatic rings. The van der Waals surface area contributed by atoms with Gasteiger partial charge in [-0.3, -0.25) is 9.32 Å². The number of hydrogen-bond acceptors (Lipinski definition) is 12. The summed E-state index contributed by atoms with van der Waals surface area (Å²) in [6, 6.07) is 3.12. The lowest BCUT2D eigenvalue weighted by Crippen LogP contribution is -2.36. The van der Waals surface area contributed by atoms with Gasteiger partial charge in [0.15, 0.2) is 24.2 Å². The molecule has 0 spiro atoms. The summed E-state index contributed by atoms with van der Waals surface area (Å²) < 4.78 is 62.4. The average molecular weight is 629 g/mol. The second-order valence-electron chi connectivity index (χ2n) is 9.78. The number of nitrogen functional groups attached to an aromatic ring is 2. The standard InChI is InChI=1S/C23H27F2N8O7PS/c1-10(32-4-2-11-19(27)28-8-29-20(11)32)38-14-7-37-41(35,42)40-18-16(25)23(36-5-3-12(14)24)39-22(18)33-9-30-17-13(33)6-15(26)31-21(17)34/h2,4,6,8-10,12,14,16,18,22-23H,3,5,7H2,1H3,(H,35,42)(H3,26,31,34)(H2,27,28,29)/t10-,12-,14-,16+,18-,22-,23?,41?/m1/s1. The molecule has 2 saturated heterocycles. The summed E-state index contributed by atoms with van der Waals surface area (Å²) in [6.45, 7) is -3.31. The summed E-state index contributed by atoms with van der Waals surface area (Å²) in [6.07, 6.45) is -6.00. The van der Waals surface area contributed by atoms with E-state index in [4.69, 9.17) is 46.5 Å². The van der Waals surface area contributed by atoms with Crippen LogP contribution in [0.1, 0.15) is 25.8 Å². The van der Waals surface area contributed by atoms with Gasteiger partial charge in [0.1, 0.15) is 48.2 Å². The minimum atomic E-state index is -4.21. The number of H-pyrrole nitrogens is 1. The van der Waals surface area contributed by atoms with Crippen molar-refractivity contribution in [3.8, 4) is 0 Å². The summed E-state index contributed by atoms with van der Waals surface area (Å²) in [5.74, 6) is 0.313. The minimum absolute atomic E-state index is 0.0166. The van der Waals surface area contributed by atoms with E-state index in [1.54, 1.807) is 23.8 Å². The first kappa shape index (κ1) is 29.0. The maximum absolute atomic E-state index is 15.6. The van der Waals surface area contributed by atoms with Crippen molar-refractivity contribution in [2.75, 3.05) is 24.7 Å². The smallest absolute Gasteiger partial charge is 0.325 e. The molecule has 2 bridgehead atoms. The molecule has 19 heteroatoms. The van der Waals surface area contributed by atoms with Crippen molar-refractivity contribution in [2.45, 2.75) is 56.6 Å². The van der Waals surface area contributed by atoms with E-state index in [2.05, 4.69) is 19.9 Å². The highest BCUT2D eigenvalue weighted by molar-refractivity contribution is 8.07. The Balaban J connectivity index is 1.25. The molecular formula is C23H27F2N8O7PS. The van der Waals surface area contributed by atoms with Crippen molar-refractivity contribution < 1.29 is 36.9 Å². The normalized spacial score (nSPS) is 31.6. The number of aromatic amines is 1. The third-order valence-corrected chi connectivity index (χ3v) is 8.60. The van der Waals surface area contributed by atoms with Crippen LogP contribution in [0.15, 0.2) is 35.8 Å². The number of nitrogens with two attached hydrogens (primary N) is 2. The molecule has 6 N–H and O–H groups in total. The van der Waals surface area contributed by atoms with Gasteiger partial charge in [-0.15, -0.1) is 0 Å². The van der Waals surface area contributed by atoms with E-state index < -0.39 is 62.2 Å². The SMILES string of the molecule is C[C@@H](O[C@@H]1COP(O)(=S)O[C@@H]2[C@H](F)C(OCC[C@H]1F)O[C@H]2n1cnc2c(=O)[nH]c(N)cc21)n1ccc2c(N)ncnc21. The maximum Gasteiger partial charge on any atom is 0.325 e. The summed E-state index contributed by atoms with van der Waals surface area (Å²) in [7, 11) is 0. The quantitative estimate of drug-likeness (QED) is 0.239. The molecule has 2 unspecified atom stereocenters. The molecule has 0 aromatic carbocycles. The van der Waals surface area contributed by atoms with Gasteiger partial charge in [-0.05, 0) is 24.8 Å². The first-order valence-electron chi connectivity index (χ1n) is 12.8. The molecule has 6 heterocycles. The Morgan fingerprint density at radius 3 is 2.93 bits per heavy atom. The number of anilines is 2. The number of pyridine rings is 1. The topological polar surface area (TPSA) is 200 Å².